The molecule has 0 atom stereocenters. The molecule has 1 aromatic carbocycles. The van der Waals surface area contributed by atoms with Crippen LogP contribution >= 0.6 is 0 Å². The van der Waals surface area contributed by atoms with Gasteiger partial charge in [0, 0.05) is 31.4 Å². The molecule has 0 saturated carbocycles. The quantitative estimate of drug-likeness (QED) is 0.743. The highest BCUT2D eigenvalue weighted by molar-refractivity contribution is 5.63. The van der Waals surface area contributed by atoms with E-state index >= 15 is 0 Å². The molecule has 22 heavy (non-hydrogen) atoms. The maximum absolute atomic E-state index is 5.41. The molecule has 0 spiro atoms. The molecule has 3 aromatic rings. The Hall–Kier alpha value is -2.24. The van der Waals surface area contributed by atoms with Crippen molar-refractivity contribution in [3.63, 3.8) is 0 Å². The van der Waals surface area contributed by atoms with Crippen molar-refractivity contribution < 1.29 is 4.74 Å². The number of benzene rings is 1. The average Bonchev–Trinajstić information content (AvgIpc) is 3.00. The molecule has 0 unspecified atom stereocenters. The maximum atomic E-state index is 5.41. The SMILES string of the molecule is c1cc(CN2CCOCC2)cc(-c2cnc3cccnn23)c1. The summed E-state index contributed by atoms with van der Waals surface area (Å²) in [6.07, 6.45) is 3.67. The first-order valence-electron chi connectivity index (χ1n) is 7.58. The van der Waals surface area contributed by atoms with E-state index in [1.54, 1.807) is 6.20 Å². The molecule has 5 nitrogen and oxygen atoms in total. The molecule has 0 N–H and O–H groups in total. The second-order valence-corrected chi connectivity index (χ2v) is 5.53. The Morgan fingerprint density at radius 3 is 2.91 bits per heavy atom. The fourth-order valence-electron chi connectivity index (χ4n) is 2.87. The minimum atomic E-state index is 0.830. The summed E-state index contributed by atoms with van der Waals surface area (Å²) in [6.45, 7) is 4.62. The molecule has 2 aromatic heterocycles. The predicted molar refractivity (Wildman–Crippen MR) is 84.5 cm³/mol. The minimum absolute atomic E-state index is 0.830. The van der Waals surface area contributed by atoms with Crippen molar-refractivity contribution in [1.29, 1.82) is 0 Å². The molecule has 0 aliphatic carbocycles. The van der Waals surface area contributed by atoms with E-state index in [1.165, 1.54) is 5.56 Å². The van der Waals surface area contributed by atoms with Crippen LogP contribution < -0.4 is 0 Å². The van der Waals surface area contributed by atoms with Crippen LogP contribution in [0.25, 0.3) is 16.9 Å². The van der Waals surface area contributed by atoms with Crippen molar-refractivity contribution in [2.24, 2.45) is 0 Å². The van der Waals surface area contributed by atoms with Gasteiger partial charge in [0.15, 0.2) is 5.65 Å². The van der Waals surface area contributed by atoms with Gasteiger partial charge >= 0.3 is 0 Å². The normalized spacial score (nSPS) is 16.2. The van der Waals surface area contributed by atoms with E-state index in [1.807, 2.05) is 22.8 Å². The van der Waals surface area contributed by atoms with Gasteiger partial charge in [-0.2, -0.15) is 5.10 Å². The average molecular weight is 294 g/mol. The predicted octanol–water partition coefficient (Wildman–Crippen LogP) is 2.23. The van der Waals surface area contributed by atoms with E-state index in [9.17, 15) is 0 Å². The van der Waals surface area contributed by atoms with Gasteiger partial charge in [0.25, 0.3) is 0 Å². The Bertz CT molecular complexity index is 777. The van der Waals surface area contributed by atoms with Crippen molar-refractivity contribution in [3.8, 4) is 11.3 Å². The van der Waals surface area contributed by atoms with Crippen molar-refractivity contribution in [3.05, 3.63) is 54.4 Å². The summed E-state index contributed by atoms with van der Waals surface area (Å²) in [5.41, 5.74) is 4.36. The number of ether oxygens (including phenoxy) is 1. The van der Waals surface area contributed by atoms with E-state index < -0.39 is 0 Å². The van der Waals surface area contributed by atoms with Crippen LogP contribution in [0.2, 0.25) is 0 Å². The fourth-order valence-corrected chi connectivity index (χ4v) is 2.87. The zero-order chi connectivity index (χ0) is 14.8. The Balaban J connectivity index is 1.63. The summed E-state index contributed by atoms with van der Waals surface area (Å²) >= 11 is 0. The van der Waals surface area contributed by atoms with E-state index in [4.69, 9.17) is 4.74 Å². The Morgan fingerprint density at radius 1 is 1.09 bits per heavy atom. The minimum Gasteiger partial charge on any atom is -0.379 e. The van der Waals surface area contributed by atoms with Crippen molar-refractivity contribution in [2.75, 3.05) is 26.3 Å². The highest BCUT2D eigenvalue weighted by Crippen LogP contribution is 2.21. The zero-order valence-corrected chi connectivity index (χ0v) is 12.4. The third kappa shape index (κ3) is 2.61. The van der Waals surface area contributed by atoms with Gasteiger partial charge in [0.1, 0.15) is 0 Å². The Kier molecular flexibility index (Phi) is 3.58. The third-order valence-electron chi connectivity index (χ3n) is 4.01. The van der Waals surface area contributed by atoms with Gasteiger partial charge in [0.2, 0.25) is 0 Å². The first-order chi connectivity index (χ1) is 10.9. The van der Waals surface area contributed by atoms with Crippen LogP contribution in [0.3, 0.4) is 0 Å². The molecule has 3 heterocycles. The largest absolute Gasteiger partial charge is 0.379 e. The lowest BCUT2D eigenvalue weighted by Crippen LogP contribution is -2.35. The van der Waals surface area contributed by atoms with E-state index in [2.05, 4.69) is 39.2 Å². The van der Waals surface area contributed by atoms with Crippen LogP contribution in [0.5, 0.6) is 0 Å². The second-order valence-electron chi connectivity index (χ2n) is 5.53. The third-order valence-corrected chi connectivity index (χ3v) is 4.01. The molecule has 4 rings (SSSR count). The van der Waals surface area contributed by atoms with Crippen LogP contribution in [0, 0.1) is 0 Å². The maximum Gasteiger partial charge on any atom is 0.154 e. The fraction of sp³-hybridized carbons (Fsp3) is 0.294. The summed E-state index contributed by atoms with van der Waals surface area (Å²) in [5, 5.41) is 4.39. The summed E-state index contributed by atoms with van der Waals surface area (Å²) in [7, 11) is 0. The highest BCUT2D eigenvalue weighted by atomic mass is 16.5. The first kappa shape index (κ1) is 13.4. The molecule has 112 valence electrons. The summed E-state index contributed by atoms with van der Waals surface area (Å²) < 4.78 is 7.29. The number of rotatable bonds is 3. The van der Waals surface area contributed by atoms with Crippen LogP contribution in [0.15, 0.2) is 48.8 Å². The van der Waals surface area contributed by atoms with Gasteiger partial charge in [-0.1, -0.05) is 18.2 Å². The van der Waals surface area contributed by atoms with Gasteiger partial charge < -0.3 is 4.74 Å². The number of nitrogens with zero attached hydrogens (tertiary/aromatic N) is 4. The number of hydrogen-bond acceptors (Lipinski definition) is 4. The van der Waals surface area contributed by atoms with Gasteiger partial charge in [-0.25, -0.2) is 9.50 Å². The van der Waals surface area contributed by atoms with Crippen LogP contribution in [0.4, 0.5) is 0 Å². The monoisotopic (exact) mass is 294 g/mol. The van der Waals surface area contributed by atoms with Crippen molar-refractivity contribution >= 4 is 5.65 Å². The van der Waals surface area contributed by atoms with Crippen molar-refractivity contribution in [1.82, 2.24) is 19.5 Å². The topological polar surface area (TPSA) is 42.7 Å². The number of hydrogen-bond donors (Lipinski definition) is 0. The molecule has 0 amide bonds. The standard InChI is InChI=1S/C17H18N4O/c1-3-14(13-20-7-9-22-10-8-20)11-15(4-1)16-12-18-17-5-2-6-19-21(16)17/h1-6,11-12H,7-10,13H2. The zero-order valence-electron chi connectivity index (χ0n) is 12.4. The lowest BCUT2D eigenvalue weighted by molar-refractivity contribution is 0.0342. The number of aromatic nitrogens is 3. The van der Waals surface area contributed by atoms with Gasteiger partial charge in [-0.05, 0) is 23.8 Å². The summed E-state index contributed by atoms with van der Waals surface area (Å²) in [4.78, 5) is 6.84. The summed E-state index contributed by atoms with van der Waals surface area (Å²) in [5.74, 6) is 0. The lowest BCUT2D eigenvalue weighted by atomic mass is 10.1. The highest BCUT2D eigenvalue weighted by Gasteiger charge is 2.12. The number of fused-ring (bicyclic) bond motifs is 1. The molecule has 5 heteroatoms. The van der Waals surface area contributed by atoms with E-state index in [0.717, 1.165) is 49.8 Å². The molecule has 1 saturated heterocycles. The molecule has 1 aliphatic heterocycles. The van der Waals surface area contributed by atoms with Crippen molar-refractivity contribution in [2.45, 2.75) is 6.54 Å². The summed E-state index contributed by atoms with van der Waals surface area (Å²) in [6, 6.07) is 12.5. The molecule has 1 aliphatic rings. The number of morpholine rings is 1. The van der Waals surface area contributed by atoms with Crippen LogP contribution in [-0.4, -0.2) is 45.8 Å². The molecular weight excluding hydrogens is 276 g/mol. The van der Waals surface area contributed by atoms with E-state index in [-0.39, 0.29) is 0 Å². The smallest absolute Gasteiger partial charge is 0.154 e. The molecule has 0 bridgehead atoms. The number of imidazole rings is 1. The van der Waals surface area contributed by atoms with Gasteiger partial charge in [0.05, 0.1) is 25.1 Å². The lowest BCUT2D eigenvalue weighted by Gasteiger charge is -2.26. The molecule has 0 radical (unpaired) electrons. The molecular formula is C17H18N4O. The Morgan fingerprint density at radius 2 is 2.00 bits per heavy atom. The van der Waals surface area contributed by atoms with Crippen LogP contribution in [0.1, 0.15) is 5.56 Å². The van der Waals surface area contributed by atoms with E-state index in [0.29, 0.717) is 0 Å². The van der Waals surface area contributed by atoms with Gasteiger partial charge in [-0.15, -0.1) is 0 Å². The Labute approximate surface area is 129 Å². The molecule has 1 fully saturated rings. The van der Waals surface area contributed by atoms with Gasteiger partial charge in [-0.3, -0.25) is 4.90 Å². The van der Waals surface area contributed by atoms with Crippen LogP contribution in [-0.2, 0) is 11.3 Å². The first-order valence-corrected chi connectivity index (χ1v) is 7.58. The second kappa shape index (κ2) is 5.87.